The molecule has 1 aliphatic rings. The van der Waals surface area contributed by atoms with Crippen LogP contribution < -0.4 is 15.5 Å². The van der Waals surface area contributed by atoms with E-state index in [9.17, 15) is 22.7 Å². The van der Waals surface area contributed by atoms with E-state index in [2.05, 4.69) is 20.5 Å². The molecule has 3 aromatic rings. The van der Waals surface area contributed by atoms with E-state index >= 15 is 0 Å². The first-order valence-electron chi connectivity index (χ1n) is 13.0. The lowest BCUT2D eigenvalue weighted by molar-refractivity contribution is 0.0175. The number of benzene rings is 2. The van der Waals surface area contributed by atoms with Gasteiger partial charge in [-0.05, 0) is 57.2 Å². The zero-order valence-electron chi connectivity index (χ0n) is 22.9. The maximum atomic E-state index is 13.4. The van der Waals surface area contributed by atoms with E-state index in [0.29, 0.717) is 54.0 Å². The number of morpholine rings is 1. The van der Waals surface area contributed by atoms with E-state index in [-0.39, 0.29) is 22.6 Å². The van der Waals surface area contributed by atoms with Crippen LogP contribution in [-0.4, -0.2) is 56.2 Å². The van der Waals surface area contributed by atoms with Gasteiger partial charge in [0.05, 0.1) is 30.7 Å². The van der Waals surface area contributed by atoms with Gasteiger partial charge < -0.3 is 20.3 Å². The van der Waals surface area contributed by atoms with Crippen LogP contribution in [0, 0.1) is 0 Å². The fourth-order valence-corrected chi connectivity index (χ4v) is 5.04. The maximum Gasteiger partial charge on any atom is 0.323 e. The highest BCUT2D eigenvalue weighted by atomic mass is 32.3. The monoisotopic (exact) mass is 575 g/mol. The molecule has 2 aromatic carbocycles. The molecule has 0 aliphatic carbocycles. The van der Waals surface area contributed by atoms with Crippen molar-refractivity contribution in [3.8, 4) is 11.4 Å². The Balaban J connectivity index is 1.52. The second-order valence-electron chi connectivity index (χ2n) is 10.2. The Kier molecular flexibility index (Phi) is 8.93. The molecule has 12 heteroatoms. The van der Waals surface area contributed by atoms with E-state index in [4.69, 9.17) is 9.72 Å². The minimum Gasteiger partial charge on any atom is -0.377 e. The summed E-state index contributed by atoms with van der Waals surface area (Å²) in [6.07, 6.45) is 0. The van der Waals surface area contributed by atoms with Crippen LogP contribution in [0.2, 0.25) is 0 Å². The van der Waals surface area contributed by atoms with E-state index in [1.165, 1.54) is 24.3 Å². The molecule has 1 aliphatic heterocycles. The van der Waals surface area contributed by atoms with E-state index < -0.39 is 22.5 Å². The van der Waals surface area contributed by atoms with Gasteiger partial charge in [-0.3, -0.25) is 9.11 Å². The fourth-order valence-electron chi connectivity index (χ4n) is 4.13. The molecule has 1 fully saturated rings. The average Bonchev–Trinajstić information content (AvgIpc) is 2.88. The summed E-state index contributed by atoms with van der Waals surface area (Å²) in [5.41, 5.74) is 1.96. The molecule has 2 heterocycles. The predicted octanol–water partition coefficient (Wildman–Crippen LogP) is 6.78. The Hall–Kier alpha value is -3.32. The van der Waals surface area contributed by atoms with Crippen molar-refractivity contribution >= 4 is 33.8 Å². The number of rotatable bonds is 8. The number of hydrogen-bond acceptors (Lipinski definition) is 7. The number of anilines is 3. The molecular formula is C28H35F2N5O4S. The van der Waals surface area contributed by atoms with Gasteiger partial charge in [0.15, 0.2) is 5.82 Å². The summed E-state index contributed by atoms with van der Waals surface area (Å²) in [6.45, 7) is 8.17. The zero-order valence-corrected chi connectivity index (χ0v) is 23.7. The summed E-state index contributed by atoms with van der Waals surface area (Å²) in [5.74, 6) is -1.83. The van der Waals surface area contributed by atoms with Crippen LogP contribution in [0.5, 0.6) is 0 Å². The summed E-state index contributed by atoms with van der Waals surface area (Å²) in [6, 6.07) is 13.7. The first-order chi connectivity index (χ1) is 18.8. The number of ether oxygens (including phenoxy) is 1. The molecule has 4 N–H and O–H groups in total. The molecule has 40 heavy (non-hydrogen) atoms. The molecular weight excluding hydrogens is 540 g/mol. The van der Waals surface area contributed by atoms with Gasteiger partial charge >= 0.3 is 6.03 Å². The summed E-state index contributed by atoms with van der Waals surface area (Å²) in [5, 5.41) is 5.01. The second kappa shape index (κ2) is 12.0. The van der Waals surface area contributed by atoms with Gasteiger partial charge in [-0.1, -0.05) is 12.1 Å². The molecule has 2 amide bonds. The lowest BCUT2D eigenvalue weighted by Crippen LogP contribution is -2.44. The van der Waals surface area contributed by atoms with Crippen molar-refractivity contribution in [3.05, 3.63) is 65.9 Å². The number of halogens is 2. The van der Waals surface area contributed by atoms with E-state index in [1.807, 2.05) is 6.92 Å². The second-order valence-corrected chi connectivity index (χ2v) is 12.9. The number of aromatic nitrogens is 2. The third-order valence-electron chi connectivity index (χ3n) is 6.59. The van der Waals surface area contributed by atoms with Crippen LogP contribution in [0.15, 0.2) is 54.6 Å². The first-order valence-corrected chi connectivity index (χ1v) is 14.7. The molecule has 216 valence electrons. The quantitative estimate of drug-likeness (QED) is 0.234. The van der Waals surface area contributed by atoms with Crippen LogP contribution in [0.4, 0.5) is 30.8 Å². The average molecular weight is 576 g/mol. The van der Waals surface area contributed by atoms with Crippen LogP contribution in [0.1, 0.15) is 39.0 Å². The molecule has 1 aromatic heterocycles. The highest BCUT2D eigenvalue weighted by Gasteiger charge is 2.25. The van der Waals surface area contributed by atoms with Crippen LogP contribution in [0.25, 0.3) is 11.4 Å². The Morgan fingerprint density at radius 2 is 1.70 bits per heavy atom. The normalized spacial score (nSPS) is 16.6. The van der Waals surface area contributed by atoms with Crippen molar-refractivity contribution in [3.63, 3.8) is 0 Å². The Morgan fingerprint density at radius 3 is 2.25 bits per heavy atom. The number of carbonyl (C=O) groups excluding carboxylic acids is 1. The standard InChI is InChI=1S/C28H35F2N5O4S/c1-18(2)40(37,38)17-24-15-25(35-13-14-39-16-19(35)3)34-26(31-24)20-5-9-22(10-6-20)32-27(36)33-23-11-7-21(8-12-23)28(4,29)30/h5-12,15,18-19,37-38H,13-14,16-17H2,1-4H3,(H2,32,33,36)/t19-/m0/s1. The molecule has 0 bridgehead atoms. The van der Waals surface area contributed by atoms with Gasteiger partial charge in [0, 0.05) is 47.3 Å². The lowest BCUT2D eigenvalue weighted by Gasteiger charge is -2.37. The largest absolute Gasteiger partial charge is 0.377 e. The van der Waals surface area contributed by atoms with Crippen LogP contribution in [-0.2, 0) is 16.4 Å². The lowest BCUT2D eigenvalue weighted by atomic mass is 10.1. The van der Waals surface area contributed by atoms with Gasteiger partial charge in [0.2, 0.25) is 0 Å². The molecule has 1 atom stereocenters. The summed E-state index contributed by atoms with van der Waals surface area (Å²) < 4.78 is 53.6. The minimum absolute atomic E-state index is 0.0165. The van der Waals surface area contributed by atoms with Gasteiger partial charge in [0.1, 0.15) is 5.82 Å². The zero-order chi connectivity index (χ0) is 29.1. The van der Waals surface area contributed by atoms with Gasteiger partial charge in [-0.2, -0.15) is 10.6 Å². The van der Waals surface area contributed by atoms with Crippen molar-refractivity contribution in [2.45, 2.75) is 50.7 Å². The molecule has 4 rings (SSSR count). The number of amides is 2. The molecule has 0 saturated carbocycles. The number of hydrogen-bond donors (Lipinski definition) is 4. The summed E-state index contributed by atoms with van der Waals surface area (Å²) >= 11 is 0. The smallest absolute Gasteiger partial charge is 0.323 e. The van der Waals surface area contributed by atoms with E-state index in [1.54, 1.807) is 44.2 Å². The van der Waals surface area contributed by atoms with Crippen LogP contribution in [0.3, 0.4) is 0 Å². The highest BCUT2D eigenvalue weighted by Crippen LogP contribution is 2.47. The topological polar surface area (TPSA) is 120 Å². The van der Waals surface area contributed by atoms with Gasteiger partial charge in [-0.25, -0.2) is 23.5 Å². The number of carbonyl (C=O) groups is 1. The SMILES string of the molecule is CC(C)S(O)(O)Cc1cc(N2CCOC[C@@H]2C)nc(-c2ccc(NC(=O)Nc3ccc(C(C)(F)F)cc3)cc2)n1. The molecule has 0 spiro atoms. The van der Waals surface area contributed by atoms with Crippen molar-refractivity contribution in [2.75, 3.05) is 35.3 Å². The van der Waals surface area contributed by atoms with Gasteiger partial charge in [0.25, 0.3) is 5.92 Å². The number of alkyl halides is 2. The Morgan fingerprint density at radius 1 is 1.10 bits per heavy atom. The molecule has 0 radical (unpaired) electrons. The third-order valence-corrected chi connectivity index (χ3v) is 8.82. The molecule has 0 unspecified atom stereocenters. The Bertz CT molecular complexity index is 1320. The van der Waals surface area contributed by atoms with Crippen molar-refractivity contribution < 1.29 is 27.4 Å². The molecule has 9 nitrogen and oxygen atoms in total. The Labute approximate surface area is 234 Å². The maximum absolute atomic E-state index is 13.4. The summed E-state index contributed by atoms with van der Waals surface area (Å²) in [7, 11) is -2.89. The van der Waals surface area contributed by atoms with Crippen molar-refractivity contribution in [1.82, 2.24) is 9.97 Å². The number of nitrogens with zero attached hydrogens (tertiary/aromatic N) is 3. The fraction of sp³-hybridized carbons (Fsp3) is 0.393. The highest BCUT2D eigenvalue weighted by molar-refractivity contribution is 8.24. The van der Waals surface area contributed by atoms with Crippen molar-refractivity contribution in [1.29, 1.82) is 0 Å². The number of urea groups is 1. The predicted molar refractivity (Wildman–Crippen MR) is 155 cm³/mol. The van der Waals surface area contributed by atoms with Crippen molar-refractivity contribution in [2.24, 2.45) is 0 Å². The van der Waals surface area contributed by atoms with Gasteiger partial charge in [-0.15, -0.1) is 0 Å². The minimum atomic E-state index is -2.96. The number of nitrogens with one attached hydrogen (secondary N) is 2. The first kappa shape index (κ1) is 29.7. The van der Waals surface area contributed by atoms with Crippen LogP contribution >= 0.6 is 10.6 Å². The van der Waals surface area contributed by atoms with E-state index in [0.717, 1.165) is 6.92 Å². The summed E-state index contributed by atoms with van der Waals surface area (Å²) in [4.78, 5) is 24.0. The third kappa shape index (κ3) is 7.45. The molecule has 1 saturated heterocycles.